The molecule has 1 amide bonds. The zero-order valence-electron chi connectivity index (χ0n) is 15.4. The van der Waals surface area contributed by atoms with Gasteiger partial charge in [-0.25, -0.2) is 0 Å². The second-order valence-electron chi connectivity index (χ2n) is 6.77. The molecular weight excluding hydrogens is 361 g/mol. The van der Waals surface area contributed by atoms with Crippen LogP contribution in [0.4, 0.5) is 0 Å². The number of likely N-dealkylation sites (N-methyl/N-ethyl adjacent to an activating group) is 1. The lowest BCUT2D eigenvalue weighted by Crippen LogP contribution is -2.41. The van der Waals surface area contributed by atoms with Crippen LogP contribution >= 0.6 is 24.8 Å². The summed E-state index contributed by atoms with van der Waals surface area (Å²) in [5.41, 5.74) is 1.18. The average Bonchev–Trinajstić information content (AvgIpc) is 3.27. The zero-order valence-corrected chi connectivity index (χ0v) is 17.0. The lowest BCUT2D eigenvalue weighted by Gasteiger charge is -2.27. The maximum Gasteiger partial charge on any atom is 0.227 e. The van der Waals surface area contributed by atoms with E-state index in [9.17, 15) is 4.79 Å². The van der Waals surface area contributed by atoms with Crippen molar-refractivity contribution in [3.05, 3.63) is 18.0 Å². The third kappa shape index (κ3) is 4.67. The summed E-state index contributed by atoms with van der Waals surface area (Å²) >= 11 is 0. The molecule has 3 rings (SSSR count). The van der Waals surface area contributed by atoms with E-state index in [-0.39, 0.29) is 36.6 Å². The molecule has 0 aromatic carbocycles. The van der Waals surface area contributed by atoms with Gasteiger partial charge in [0.15, 0.2) is 0 Å². The molecule has 144 valence electrons. The summed E-state index contributed by atoms with van der Waals surface area (Å²) in [5, 5.41) is 7.66. The van der Waals surface area contributed by atoms with Crippen LogP contribution in [0.2, 0.25) is 0 Å². The van der Waals surface area contributed by atoms with E-state index in [4.69, 9.17) is 0 Å². The Morgan fingerprint density at radius 1 is 1.32 bits per heavy atom. The number of nitrogens with zero attached hydrogens (tertiary/aromatic N) is 4. The van der Waals surface area contributed by atoms with Crippen molar-refractivity contribution in [3.8, 4) is 0 Å². The highest BCUT2D eigenvalue weighted by Gasteiger charge is 2.39. The van der Waals surface area contributed by atoms with Crippen molar-refractivity contribution in [1.82, 2.24) is 24.9 Å². The lowest BCUT2D eigenvalue weighted by molar-refractivity contribution is -0.134. The van der Waals surface area contributed by atoms with E-state index in [0.717, 1.165) is 45.7 Å². The summed E-state index contributed by atoms with van der Waals surface area (Å²) in [6, 6.07) is 0.528. The van der Waals surface area contributed by atoms with Gasteiger partial charge in [0.2, 0.25) is 5.91 Å². The van der Waals surface area contributed by atoms with Crippen molar-refractivity contribution in [1.29, 1.82) is 0 Å². The van der Waals surface area contributed by atoms with Crippen LogP contribution < -0.4 is 5.32 Å². The number of aryl methyl sites for hydroxylation is 1. The first-order valence-corrected chi connectivity index (χ1v) is 8.86. The van der Waals surface area contributed by atoms with Gasteiger partial charge in [0.25, 0.3) is 0 Å². The fourth-order valence-electron chi connectivity index (χ4n) is 4.13. The van der Waals surface area contributed by atoms with Crippen LogP contribution in [0.3, 0.4) is 0 Å². The predicted octanol–water partition coefficient (Wildman–Crippen LogP) is 1.51. The molecule has 25 heavy (non-hydrogen) atoms. The van der Waals surface area contributed by atoms with Gasteiger partial charge in [-0.1, -0.05) is 13.8 Å². The first-order chi connectivity index (χ1) is 11.1. The molecule has 6 nitrogen and oxygen atoms in total. The maximum atomic E-state index is 13.0. The first kappa shape index (κ1) is 22.2. The first-order valence-electron chi connectivity index (χ1n) is 8.86. The summed E-state index contributed by atoms with van der Waals surface area (Å²) in [6.45, 7) is 9.97. The second kappa shape index (κ2) is 9.76. The van der Waals surface area contributed by atoms with E-state index >= 15 is 0 Å². The summed E-state index contributed by atoms with van der Waals surface area (Å²) in [7, 11) is 1.93. The fourth-order valence-corrected chi connectivity index (χ4v) is 4.13. The number of nitrogens with one attached hydrogen (secondary N) is 1. The van der Waals surface area contributed by atoms with E-state index in [0.29, 0.717) is 11.9 Å². The van der Waals surface area contributed by atoms with Gasteiger partial charge in [-0.05, 0) is 25.1 Å². The zero-order chi connectivity index (χ0) is 16.4. The fraction of sp³-hybridized carbons (Fsp3) is 0.765. The van der Waals surface area contributed by atoms with Crippen molar-refractivity contribution in [2.75, 3.05) is 39.3 Å². The van der Waals surface area contributed by atoms with Crippen molar-refractivity contribution < 1.29 is 4.79 Å². The Morgan fingerprint density at radius 3 is 2.64 bits per heavy atom. The molecule has 1 aromatic rings. The van der Waals surface area contributed by atoms with Crippen LogP contribution in [0, 0.1) is 5.92 Å². The van der Waals surface area contributed by atoms with Gasteiger partial charge in [-0.2, -0.15) is 5.10 Å². The molecule has 1 aromatic heterocycles. The molecule has 3 atom stereocenters. The van der Waals surface area contributed by atoms with E-state index in [1.165, 1.54) is 5.56 Å². The van der Waals surface area contributed by atoms with E-state index in [1.54, 1.807) is 0 Å². The molecule has 0 saturated carbocycles. The molecule has 1 unspecified atom stereocenters. The van der Waals surface area contributed by atoms with Gasteiger partial charge in [0.1, 0.15) is 0 Å². The molecule has 2 saturated heterocycles. The number of carbonyl (C=O) groups excluding carboxylic acids is 1. The molecule has 0 spiro atoms. The SMILES string of the molecule is CCN(CC)C1CCN(C(=O)[C@H]2CNC[C@@H]2c2cnn(C)c2)C1.Cl.Cl. The third-order valence-corrected chi connectivity index (χ3v) is 5.49. The van der Waals surface area contributed by atoms with Crippen LogP contribution in [0.1, 0.15) is 31.7 Å². The Labute approximate surface area is 163 Å². The van der Waals surface area contributed by atoms with E-state index in [2.05, 4.69) is 34.1 Å². The Bertz CT molecular complexity index is 549. The lowest BCUT2D eigenvalue weighted by atomic mass is 9.90. The van der Waals surface area contributed by atoms with Gasteiger partial charge >= 0.3 is 0 Å². The monoisotopic (exact) mass is 391 g/mol. The number of hydrogen-bond donors (Lipinski definition) is 1. The van der Waals surface area contributed by atoms with Gasteiger partial charge < -0.3 is 10.2 Å². The number of rotatable bonds is 5. The second-order valence-corrected chi connectivity index (χ2v) is 6.77. The molecule has 1 N–H and O–H groups in total. The van der Waals surface area contributed by atoms with Crippen LogP contribution in [-0.4, -0.2) is 70.8 Å². The molecule has 8 heteroatoms. The number of halogens is 2. The molecule has 3 heterocycles. The van der Waals surface area contributed by atoms with Crippen molar-refractivity contribution in [3.63, 3.8) is 0 Å². The Balaban J connectivity index is 0.00000156. The molecule has 2 aliphatic rings. The van der Waals surface area contributed by atoms with Gasteiger partial charge in [0.05, 0.1) is 12.1 Å². The van der Waals surface area contributed by atoms with Crippen LogP contribution in [0.5, 0.6) is 0 Å². The Morgan fingerprint density at radius 2 is 2.04 bits per heavy atom. The number of aromatic nitrogens is 2. The van der Waals surface area contributed by atoms with Gasteiger partial charge in [-0.15, -0.1) is 24.8 Å². The molecule has 2 aliphatic heterocycles. The van der Waals surface area contributed by atoms with E-state index in [1.807, 2.05) is 24.1 Å². The number of likely N-dealkylation sites (tertiary alicyclic amines) is 1. The van der Waals surface area contributed by atoms with Crippen molar-refractivity contribution in [2.45, 2.75) is 32.2 Å². The van der Waals surface area contributed by atoms with E-state index < -0.39 is 0 Å². The minimum atomic E-state index is 0. The number of amides is 1. The Hall–Kier alpha value is -0.820. The smallest absolute Gasteiger partial charge is 0.227 e. The van der Waals surface area contributed by atoms with Gasteiger partial charge in [-0.3, -0.25) is 14.4 Å². The van der Waals surface area contributed by atoms with Crippen molar-refractivity contribution >= 4 is 30.7 Å². The highest BCUT2D eigenvalue weighted by atomic mass is 35.5. The topological polar surface area (TPSA) is 53.4 Å². The molecule has 2 fully saturated rings. The Kier molecular flexibility index (Phi) is 8.68. The average molecular weight is 392 g/mol. The van der Waals surface area contributed by atoms with Gasteiger partial charge in [0, 0.05) is 51.4 Å². The highest BCUT2D eigenvalue weighted by Crippen LogP contribution is 2.30. The summed E-state index contributed by atoms with van der Waals surface area (Å²) in [6.07, 6.45) is 5.05. The standard InChI is InChI=1S/C17H29N5O.2ClH/c1-4-21(5-2)14-6-7-22(12-14)17(23)16-10-18-9-15(16)13-8-19-20(3)11-13;;/h8,11,14-16,18H,4-7,9-10,12H2,1-3H3;2*1H/t14?,15-,16+;;/m1../s1. The molecule has 0 bridgehead atoms. The summed E-state index contributed by atoms with van der Waals surface area (Å²) < 4.78 is 1.82. The van der Waals surface area contributed by atoms with Crippen molar-refractivity contribution in [2.24, 2.45) is 13.0 Å². The molecule has 0 radical (unpaired) electrons. The maximum absolute atomic E-state index is 13.0. The number of hydrogen-bond acceptors (Lipinski definition) is 4. The number of carbonyl (C=O) groups is 1. The molecule has 0 aliphatic carbocycles. The van der Waals surface area contributed by atoms with Crippen LogP contribution in [0.25, 0.3) is 0 Å². The summed E-state index contributed by atoms with van der Waals surface area (Å²) in [4.78, 5) is 17.6. The third-order valence-electron chi connectivity index (χ3n) is 5.49. The quantitative estimate of drug-likeness (QED) is 0.826. The largest absolute Gasteiger partial charge is 0.341 e. The van der Waals surface area contributed by atoms with Crippen LogP contribution in [0.15, 0.2) is 12.4 Å². The normalized spacial score (nSPS) is 25.8. The molecular formula is C17H31Cl2N5O. The van der Waals surface area contributed by atoms with Crippen LogP contribution in [-0.2, 0) is 11.8 Å². The predicted molar refractivity (Wildman–Crippen MR) is 105 cm³/mol. The summed E-state index contributed by atoms with van der Waals surface area (Å²) in [5.74, 6) is 0.622. The highest BCUT2D eigenvalue weighted by molar-refractivity contribution is 5.85. The minimum Gasteiger partial charge on any atom is -0.341 e. The minimum absolute atomic E-state index is 0.